The summed E-state index contributed by atoms with van der Waals surface area (Å²) in [6, 6.07) is 4.73. The SMILES string of the molecule is CC(O)CN(C)C(=O)c1ccc(N)c(Cl)c1. The fourth-order valence-corrected chi connectivity index (χ4v) is 1.54. The molecular weight excluding hydrogens is 228 g/mol. The number of nitrogens with zero attached hydrogens (tertiary/aromatic N) is 1. The van der Waals surface area contributed by atoms with E-state index < -0.39 is 6.10 Å². The summed E-state index contributed by atoms with van der Waals surface area (Å²) in [6.45, 7) is 1.90. The molecule has 1 unspecified atom stereocenters. The van der Waals surface area contributed by atoms with Crippen molar-refractivity contribution < 1.29 is 9.90 Å². The maximum absolute atomic E-state index is 11.9. The van der Waals surface area contributed by atoms with Gasteiger partial charge in [0, 0.05) is 19.2 Å². The van der Waals surface area contributed by atoms with Crippen molar-refractivity contribution >= 4 is 23.2 Å². The number of carbonyl (C=O) groups excluding carboxylic acids is 1. The highest BCUT2D eigenvalue weighted by Crippen LogP contribution is 2.20. The van der Waals surface area contributed by atoms with Crippen LogP contribution in [-0.4, -0.2) is 35.6 Å². The Kier molecular flexibility index (Phi) is 4.15. The van der Waals surface area contributed by atoms with Crippen LogP contribution in [0.25, 0.3) is 0 Å². The van der Waals surface area contributed by atoms with Gasteiger partial charge in [0.2, 0.25) is 0 Å². The highest BCUT2D eigenvalue weighted by molar-refractivity contribution is 6.33. The zero-order valence-electron chi connectivity index (χ0n) is 9.27. The largest absolute Gasteiger partial charge is 0.398 e. The van der Waals surface area contributed by atoms with Crippen LogP contribution in [0.2, 0.25) is 5.02 Å². The third-order valence-electron chi connectivity index (χ3n) is 2.13. The number of nitrogens with two attached hydrogens (primary N) is 1. The lowest BCUT2D eigenvalue weighted by Gasteiger charge is -2.19. The zero-order valence-corrected chi connectivity index (χ0v) is 10.0. The second-order valence-corrected chi connectivity index (χ2v) is 4.18. The first-order valence-electron chi connectivity index (χ1n) is 4.90. The van der Waals surface area contributed by atoms with E-state index >= 15 is 0 Å². The maximum Gasteiger partial charge on any atom is 0.253 e. The molecule has 0 radical (unpaired) electrons. The number of carbonyl (C=O) groups is 1. The van der Waals surface area contributed by atoms with Crippen LogP contribution in [0.4, 0.5) is 5.69 Å². The second-order valence-electron chi connectivity index (χ2n) is 3.77. The Hall–Kier alpha value is -1.26. The third kappa shape index (κ3) is 3.12. The van der Waals surface area contributed by atoms with E-state index in [9.17, 15) is 9.90 Å². The van der Waals surface area contributed by atoms with E-state index in [1.165, 1.54) is 11.0 Å². The number of hydrogen-bond donors (Lipinski definition) is 2. The van der Waals surface area contributed by atoms with E-state index in [2.05, 4.69) is 0 Å². The van der Waals surface area contributed by atoms with E-state index in [1.54, 1.807) is 26.1 Å². The summed E-state index contributed by atoms with van der Waals surface area (Å²) in [5.41, 5.74) is 6.45. The Morgan fingerprint density at radius 3 is 2.75 bits per heavy atom. The molecule has 5 heteroatoms. The Labute approximate surface area is 99.6 Å². The number of nitrogen functional groups attached to an aromatic ring is 1. The van der Waals surface area contributed by atoms with Gasteiger partial charge in [0.25, 0.3) is 5.91 Å². The first-order valence-corrected chi connectivity index (χ1v) is 5.28. The number of hydrogen-bond acceptors (Lipinski definition) is 3. The van der Waals surface area contributed by atoms with Crippen LogP contribution in [0.15, 0.2) is 18.2 Å². The van der Waals surface area contributed by atoms with Gasteiger partial charge in [-0.05, 0) is 25.1 Å². The van der Waals surface area contributed by atoms with Crippen LogP contribution < -0.4 is 5.73 Å². The summed E-state index contributed by atoms with van der Waals surface area (Å²) in [5.74, 6) is -0.192. The molecule has 1 aromatic carbocycles. The average Bonchev–Trinajstić information content (AvgIpc) is 2.20. The number of amides is 1. The maximum atomic E-state index is 11.9. The lowest BCUT2D eigenvalue weighted by Crippen LogP contribution is -2.33. The molecule has 1 amide bonds. The van der Waals surface area contributed by atoms with Gasteiger partial charge in [-0.3, -0.25) is 4.79 Å². The zero-order chi connectivity index (χ0) is 12.3. The van der Waals surface area contributed by atoms with Crippen LogP contribution in [0, 0.1) is 0 Å². The Balaban J connectivity index is 2.84. The fraction of sp³-hybridized carbons (Fsp3) is 0.364. The van der Waals surface area contributed by atoms with Crippen molar-refractivity contribution in [3.63, 3.8) is 0 Å². The van der Waals surface area contributed by atoms with Gasteiger partial charge in [-0.1, -0.05) is 11.6 Å². The second kappa shape index (κ2) is 5.18. The third-order valence-corrected chi connectivity index (χ3v) is 2.46. The monoisotopic (exact) mass is 242 g/mol. The van der Waals surface area contributed by atoms with E-state index in [-0.39, 0.29) is 12.5 Å². The Bertz CT molecular complexity index is 394. The molecular formula is C11H15ClN2O2. The molecule has 1 atom stereocenters. The molecule has 4 nitrogen and oxygen atoms in total. The van der Waals surface area contributed by atoms with Crippen LogP contribution in [-0.2, 0) is 0 Å². The molecule has 0 saturated heterocycles. The summed E-state index contributed by atoms with van der Waals surface area (Å²) in [7, 11) is 1.62. The van der Waals surface area contributed by atoms with Crippen molar-refractivity contribution in [1.29, 1.82) is 0 Å². The molecule has 3 N–H and O–H groups in total. The van der Waals surface area contributed by atoms with E-state index in [4.69, 9.17) is 17.3 Å². The summed E-state index contributed by atoms with van der Waals surface area (Å²) in [5, 5.41) is 9.54. The van der Waals surface area contributed by atoms with Crippen LogP contribution in [0.5, 0.6) is 0 Å². The fourth-order valence-electron chi connectivity index (χ4n) is 1.36. The molecule has 0 aliphatic carbocycles. The lowest BCUT2D eigenvalue weighted by atomic mass is 10.2. The van der Waals surface area contributed by atoms with Gasteiger partial charge >= 0.3 is 0 Å². The summed E-state index contributed by atoms with van der Waals surface area (Å²) < 4.78 is 0. The van der Waals surface area contributed by atoms with Gasteiger partial charge < -0.3 is 15.7 Å². The minimum absolute atomic E-state index is 0.192. The summed E-state index contributed by atoms with van der Waals surface area (Å²) in [4.78, 5) is 13.3. The highest BCUT2D eigenvalue weighted by Gasteiger charge is 2.14. The number of benzene rings is 1. The molecule has 0 aromatic heterocycles. The van der Waals surface area contributed by atoms with Gasteiger partial charge in [0.1, 0.15) is 0 Å². The topological polar surface area (TPSA) is 66.6 Å². The van der Waals surface area contributed by atoms with Crippen LogP contribution >= 0.6 is 11.6 Å². The van der Waals surface area contributed by atoms with Crippen molar-refractivity contribution in [2.45, 2.75) is 13.0 Å². The number of rotatable bonds is 3. The van der Waals surface area contributed by atoms with Crippen molar-refractivity contribution in [1.82, 2.24) is 4.90 Å². The van der Waals surface area contributed by atoms with Crippen LogP contribution in [0.3, 0.4) is 0 Å². The van der Waals surface area contributed by atoms with Crippen LogP contribution in [0.1, 0.15) is 17.3 Å². The van der Waals surface area contributed by atoms with Gasteiger partial charge in [-0.2, -0.15) is 0 Å². The first kappa shape index (κ1) is 12.8. The number of aliphatic hydroxyl groups excluding tert-OH is 1. The molecule has 0 heterocycles. The van der Waals surface area contributed by atoms with Crippen molar-refractivity contribution in [3.05, 3.63) is 28.8 Å². The van der Waals surface area contributed by atoms with Gasteiger partial charge in [0.15, 0.2) is 0 Å². The predicted octanol–water partition coefficient (Wildman–Crippen LogP) is 1.38. The minimum Gasteiger partial charge on any atom is -0.398 e. The van der Waals surface area contributed by atoms with E-state index in [0.29, 0.717) is 16.3 Å². The summed E-state index contributed by atoms with van der Waals surface area (Å²) in [6.07, 6.45) is -0.557. The quantitative estimate of drug-likeness (QED) is 0.787. The molecule has 0 aliphatic rings. The standard InChI is InChI=1S/C11H15ClN2O2/c1-7(15)6-14(2)11(16)8-3-4-10(13)9(12)5-8/h3-5,7,15H,6,13H2,1-2H3. The highest BCUT2D eigenvalue weighted by atomic mass is 35.5. The molecule has 0 bridgehead atoms. The van der Waals surface area contributed by atoms with Gasteiger partial charge in [0.05, 0.1) is 16.8 Å². The predicted molar refractivity (Wildman–Crippen MR) is 64.5 cm³/mol. The van der Waals surface area contributed by atoms with Gasteiger partial charge in [-0.15, -0.1) is 0 Å². The molecule has 0 saturated carbocycles. The number of aliphatic hydroxyl groups is 1. The molecule has 0 spiro atoms. The molecule has 0 aliphatic heterocycles. The molecule has 0 fully saturated rings. The van der Waals surface area contributed by atoms with Crippen molar-refractivity contribution in [3.8, 4) is 0 Å². The van der Waals surface area contributed by atoms with Gasteiger partial charge in [-0.25, -0.2) is 0 Å². The number of anilines is 1. The Morgan fingerprint density at radius 2 is 2.25 bits per heavy atom. The Morgan fingerprint density at radius 1 is 1.62 bits per heavy atom. The van der Waals surface area contributed by atoms with Crippen molar-refractivity contribution in [2.24, 2.45) is 0 Å². The normalized spacial score (nSPS) is 12.2. The number of likely N-dealkylation sites (N-methyl/N-ethyl adjacent to an activating group) is 1. The smallest absolute Gasteiger partial charge is 0.253 e. The molecule has 16 heavy (non-hydrogen) atoms. The van der Waals surface area contributed by atoms with E-state index in [1.807, 2.05) is 0 Å². The first-order chi connectivity index (χ1) is 7.41. The average molecular weight is 243 g/mol. The molecule has 1 aromatic rings. The van der Waals surface area contributed by atoms with E-state index in [0.717, 1.165) is 0 Å². The minimum atomic E-state index is -0.557. The number of halogens is 1. The van der Waals surface area contributed by atoms with Crippen molar-refractivity contribution in [2.75, 3.05) is 19.3 Å². The summed E-state index contributed by atoms with van der Waals surface area (Å²) >= 11 is 5.82. The molecule has 1 rings (SSSR count). The lowest BCUT2D eigenvalue weighted by molar-refractivity contribution is 0.0704. The molecule has 88 valence electrons.